The molecule has 55 heavy (non-hydrogen) atoms. The largest absolute Gasteiger partial charge is 0.480 e. The van der Waals surface area contributed by atoms with Gasteiger partial charge in [0, 0.05) is 13.0 Å². The lowest BCUT2D eigenvalue weighted by Crippen LogP contribution is -2.34. The van der Waals surface area contributed by atoms with Gasteiger partial charge in [0.15, 0.2) is 0 Å². The number of hydrogen-bond acceptors (Lipinski definition) is 8. The van der Waals surface area contributed by atoms with Crippen LogP contribution in [-0.2, 0) is 32.7 Å². The van der Waals surface area contributed by atoms with Crippen molar-refractivity contribution < 1.29 is 42.7 Å². The van der Waals surface area contributed by atoms with Crippen LogP contribution in [0.3, 0.4) is 0 Å². The van der Waals surface area contributed by atoms with E-state index in [0.717, 1.165) is 77.0 Å². The van der Waals surface area contributed by atoms with Crippen molar-refractivity contribution >= 4 is 19.8 Å². The number of hydrogen-bond donors (Lipinski definition) is 3. The topological polar surface area (TPSA) is 155 Å². The first-order valence-electron chi connectivity index (χ1n) is 21.7. The second kappa shape index (κ2) is 40.1. The van der Waals surface area contributed by atoms with E-state index in [0.29, 0.717) is 13.0 Å². The van der Waals surface area contributed by atoms with Gasteiger partial charge in [0.2, 0.25) is 0 Å². The standard InChI is InChI=1S/C44H80NO9P/c1-3-5-7-9-11-13-15-17-19-20-21-22-23-25-27-29-31-33-35-37-51-38-41(39-52-55(49,50)53-40-42(45)44(47)48)54-43(46)36-34-32-30-28-26-24-18-16-14-12-10-8-6-4-2/h10,12-13,15-16,18-20,41-42H,3-9,11,14,17,21-40,45H2,1-2H3,(H,47,48)(H,49,50)/b12-10-,15-13-,18-16-,20-19-. The van der Waals surface area contributed by atoms with Gasteiger partial charge in [-0.25, -0.2) is 4.57 Å². The van der Waals surface area contributed by atoms with Crippen LogP contribution in [0.5, 0.6) is 0 Å². The van der Waals surface area contributed by atoms with E-state index in [1.807, 2.05) is 0 Å². The first kappa shape index (κ1) is 52.9. The van der Waals surface area contributed by atoms with Crippen LogP contribution in [0, 0.1) is 0 Å². The number of aliphatic carboxylic acids is 1. The van der Waals surface area contributed by atoms with E-state index in [-0.39, 0.29) is 13.0 Å². The summed E-state index contributed by atoms with van der Waals surface area (Å²) < 4.78 is 33.3. The van der Waals surface area contributed by atoms with Gasteiger partial charge in [-0.3, -0.25) is 18.6 Å². The Bertz CT molecular complexity index is 1060. The van der Waals surface area contributed by atoms with E-state index in [9.17, 15) is 19.0 Å². The molecule has 0 aliphatic rings. The minimum atomic E-state index is -4.62. The number of unbranched alkanes of at least 4 members (excludes halogenated alkanes) is 19. The normalized spacial score (nSPS) is 14.4. The maximum Gasteiger partial charge on any atom is 0.472 e. The molecule has 0 aromatic rings. The number of carboxylic acids is 1. The summed E-state index contributed by atoms with van der Waals surface area (Å²) in [6.07, 6.45) is 45.9. The summed E-state index contributed by atoms with van der Waals surface area (Å²) in [5.41, 5.74) is 5.35. The number of carboxylic acid groups (broad SMARTS) is 1. The van der Waals surface area contributed by atoms with Gasteiger partial charge < -0.3 is 25.2 Å². The van der Waals surface area contributed by atoms with E-state index >= 15 is 0 Å². The Labute approximate surface area is 335 Å². The van der Waals surface area contributed by atoms with Crippen molar-refractivity contribution in [1.29, 1.82) is 0 Å². The van der Waals surface area contributed by atoms with Crippen LogP contribution in [0.2, 0.25) is 0 Å². The van der Waals surface area contributed by atoms with Crippen LogP contribution >= 0.6 is 7.82 Å². The van der Waals surface area contributed by atoms with Gasteiger partial charge in [0.05, 0.1) is 19.8 Å². The molecule has 0 aliphatic carbocycles. The molecule has 11 heteroatoms. The first-order chi connectivity index (χ1) is 26.7. The molecule has 0 rings (SSSR count). The summed E-state index contributed by atoms with van der Waals surface area (Å²) >= 11 is 0. The fourth-order valence-corrected chi connectivity index (χ4v) is 6.43. The van der Waals surface area contributed by atoms with Gasteiger partial charge in [0.25, 0.3) is 0 Å². The number of ether oxygens (including phenoxy) is 2. The molecule has 0 saturated carbocycles. The molecule has 0 heterocycles. The molecular formula is C44H80NO9P. The minimum Gasteiger partial charge on any atom is -0.480 e. The van der Waals surface area contributed by atoms with Crippen molar-refractivity contribution in [3.63, 3.8) is 0 Å². The summed E-state index contributed by atoms with van der Waals surface area (Å²) in [6.45, 7) is 3.79. The zero-order valence-electron chi connectivity index (χ0n) is 34.8. The molecule has 4 N–H and O–H groups in total. The lowest BCUT2D eigenvalue weighted by Gasteiger charge is -2.20. The van der Waals surface area contributed by atoms with Crippen LogP contribution in [0.25, 0.3) is 0 Å². The van der Waals surface area contributed by atoms with Crippen molar-refractivity contribution in [1.82, 2.24) is 0 Å². The van der Waals surface area contributed by atoms with Crippen molar-refractivity contribution in [2.75, 3.05) is 26.4 Å². The minimum absolute atomic E-state index is 0.00616. The van der Waals surface area contributed by atoms with Crippen molar-refractivity contribution in [3.05, 3.63) is 48.6 Å². The fraction of sp³-hybridized carbons (Fsp3) is 0.773. The summed E-state index contributed by atoms with van der Waals surface area (Å²) in [7, 11) is -4.62. The first-order valence-corrected chi connectivity index (χ1v) is 23.2. The second-order valence-electron chi connectivity index (χ2n) is 14.5. The summed E-state index contributed by atoms with van der Waals surface area (Å²) in [4.78, 5) is 33.5. The van der Waals surface area contributed by atoms with Gasteiger partial charge in [-0.2, -0.15) is 0 Å². The SMILES string of the molecule is CCCC/C=C\C/C=C\CCCCCCCC(=O)OC(COCCCCCCCCCC/C=C\C/C=C\CCCCCC)COP(=O)(O)OCC(N)C(=O)O. The Kier molecular flexibility index (Phi) is 38.6. The van der Waals surface area contributed by atoms with Gasteiger partial charge >= 0.3 is 19.8 Å². The third kappa shape index (κ3) is 39.9. The smallest absolute Gasteiger partial charge is 0.472 e. The third-order valence-electron chi connectivity index (χ3n) is 9.08. The van der Waals surface area contributed by atoms with Crippen molar-refractivity contribution in [2.24, 2.45) is 5.73 Å². The summed E-state index contributed by atoms with van der Waals surface area (Å²) in [6, 6.07) is -1.48. The molecule has 0 amide bonds. The molecule has 0 aromatic heterocycles. The maximum absolute atomic E-state index is 12.6. The lowest BCUT2D eigenvalue weighted by molar-refractivity contribution is -0.154. The highest BCUT2D eigenvalue weighted by atomic mass is 31.2. The average Bonchev–Trinajstić information content (AvgIpc) is 3.16. The molecule has 0 bridgehead atoms. The molecule has 0 aromatic carbocycles. The number of nitrogens with two attached hydrogens (primary N) is 1. The number of phosphoric acid groups is 1. The number of carbonyl (C=O) groups excluding carboxylic acids is 1. The van der Waals surface area contributed by atoms with E-state index in [2.05, 4.69) is 62.5 Å². The van der Waals surface area contributed by atoms with Crippen molar-refractivity contribution in [3.8, 4) is 0 Å². The van der Waals surface area contributed by atoms with Gasteiger partial charge in [0.1, 0.15) is 12.1 Å². The molecule has 10 nitrogen and oxygen atoms in total. The Morgan fingerprint density at radius 3 is 1.53 bits per heavy atom. The Morgan fingerprint density at radius 1 is 0.582 bits per heavy atom. The third-order valence-corrected chi connectivity index (χ3v) is 10.0. The highest BCUT2D eigenvalue weighted by Gasteiger charge is 2.27. The number of esters is 1. The van der Waals surface area contributed by atoms with Crippen LogP contribution in [0.15, 0.2) is 48.6 Å². The molecule has 0 saturated heterocycles. The number of phosphoric ester groups is 1. The molecule has 0 spiro atoms. The maximum atomic E-state index is 12.6. The number of carbonyl (C=O) groups is 2. The van der Waals surface area contributed by atoms with Gasteiger partial charge in [-0.1, -0.05) is 152 Å². The molecule has 320 valence electrons. The Balaban J connectivity index is 4.26. The number of allylic oxidation sites excluding steroid dienone is 8. The van der Waals surface area contributed by atoms with E-state index in [4.69, 9.17) is 29.4 Å². The summed E-state index contributed by atoms with van der Waals surface area (Å²) in [5, 5.41) is 8.89. The Morgan fingerprint density at radius 2 is 1.02 bits per heavy atom. The van der Waals surface area contributed by atoms with Crippen LogP contribution in [-0.4, -0.2) is 60.5 Å². The quantitative estimate of drug-likeness (QED) is 0.0236. The van der Waals surface area contributed by atoms with E-state index < -0.39 is 45.1 Å². The highest BCUT2D eigenvalue weighted by molar-refractivity contribution is 7.47. The molecule has 3 atom stereocenters. The van der Waals surface area contributed by atoms with E-state index in [1.165, 1.54) is 77.0 Å². The van der Waals surface area contributed by atoms with Crippen molar-refractivity contribution in [2.45, 2.75) is 193 Å². The average molecular weight is 798 g/mol. The predicted octanol–water partition coefficient (Wildman–Crippen LogP) is 11.9. The van der Waals surface area contributed by atoms with E-state index in [1.54, 1.807) is 0 Å². The van der Waals surface area contributed by atoms with Gasteiger partial charge in [-0.05, 0) is 70.6 Å². The molecule has 3 unspecified atom stereocenters. The lowest BCUT2D eigenvalue weighted by atomic mass is 10.1. The molecule has 0 radical (unpaired) electrons. The molecule has 0 fully saturated rings. The summed E-state index contributed by atoms with van der Waals surface area (Å²) in [5.74, 6) is -1.80. The number of rotatable bonds is 41. The predicted molar refractivity (Wildman–Crippen MR) is 226 cm³/mol. The van der Waals surface area contributed by atoms with Gasteiger partial charge in [-0.15, -0.1) is 0 Å². The zero-order valence-corrected chi connectivity index (χ0v) is 35.7. The van der Waals surface area contributed by atoms with Crippen LogP contribution in [0.4, 0.5) is 0 Å². The zero-order chi connectivity index (χ0) is 40.5. The monoisotopic (exact) mass is 798 g/mol. The molecular weight excluding hydrogens is 717 g/mol. The van der Waals surface area contributed by atoms with Crippen LogP contribution < -0.4 is 5.73 Å². The second-order valence-corrected chi connectivity index (χ2v) is 15.9. The Hall–Kier alpha value is -2.07. The van der Waals surface area contributed by atoms with Crippen LogP contribution in [0.1, 0.15) is 181 Å². The molecule has 0 aliphatic heterocycles. The highest BCUT2D eigenvalue weighted by Crippen LogP contribution is 2.43. The fourth-order valence-electron chi connectivity index (χ4n) is 5.65.